The van der Waals surface area contributed by atoms with Gasteiger partial charge in [0.15, 0.2) is 6.10 Å². The monoisotopic (exact) mass is 536 g/mol. The zero-order chi connectivity index (χ0) is 26.9. The minimum absolute atomic E-state index is 0.166. The van der Waals surface area contributed by atoms with Gasteiger partial charge in [-0.15, -0.1) is 0 Å². The van der Waals surface area contributed by atoms with Gasteiger partial charge in [-0.05, 0) is 12.8 Å². The van der Waals surface area contributed by atoms with E-state index < -0.39 is 32.5 Å². The lowest BCUT2D eigenvalue weighted by molar-refractivity contribution is -0.161. The van der Waals surface area contributed by atoms with Gasteiger partial charge in [0.1, 0.15) is 6.61 Å². The third kappa shape index (κ3) is 26.1. The van der Waals surface area contributed by atoms with Crippen LogP contribution in [-0.4, -0.2) is 41.0 Å². The lowest BCUT2D eigenvalue weighted by atomic mass is 10.0. The van der Waals surface area contributed by atoms with E-state index in [1.165, 1.54) is 89.9 Å². The van der Waals surface area contributed by atoms with E-state index in [4.69, 9.17) is 19.3 Å². The molecule has 0 aromatic carbocycles. The molecule has 1 atom stereocenters. The molecule has 0 aromatic heterocycles. The number of phosphoric acid groups is 1. The van der Waals surface area contributed by atoms with Crippen LogP contribution in [0.4, 0.5) is 0 Å². The Labute approximate surface area is 219 Å². The Kier molecular flexibility index (Phi) is 23.7. The molecule has 214 valence electrons. The molecule has 0 spiro atoms. The van der Waals surface area contributed by atoms with E-state index in [2.05, 4.69) is 11.4 Å². The second-order valence-corrected chi connectivity index (χ2v) is 11.0. The van der Waals surface area contributed by atoms with E-state index in [-0.39, 0.29) is 19.4 Å². The van der Waals surface area contributed by atoms with Crippen molar-refractivity contribution < 1.29 is 37.9 Å². The minimum Gasteiger partial charge on any atom is -0.462 e. The normalized spacial score (nSPS) is 12.4. The summed E-state index contributed by atoms with van der Waals surface area (Å²) in [6.07, 6.45) is 21.6. The van der Waals surface area contributed by atoms with Crippen LogP contribution < -0.4 is 0 Å². The number of phosphoric ester groups is 1. The first-order valence-electron chi connectivity index (χ1n) is 14.3. The van der Waals surface area contributed by atoms with Gasteiger partial charge in [0, 0.05) is 12.8 Å². The molecule has 0 saturated heterocycles. The Morgan fingerprint density at radius 1 is 0.611 bits per heavy atom. The predicted octanol–water partition coefficient (Wildman–Crippen LogP) is 7.39. The van der Waals surface area contributed by atoms with Crippen molar-refractivity contribution in [1.29, 1.82) is 0 Å². The number of rotatable bonds is 26. The fraction of sp³-hybridized carbons (Fsp3) is 0.926. The molecule has 0 rings (SSSR count). The van der Waals surface area contributed by atoms with Crippen molar-refractivity contribution >= 4 is 19.8 Å². The molecule has 0 aromatic rings. The second-order valence-electron chi connectivity index (χ2n) is 9.74. The Bertz CT molecular complexity index is 578. The first kappa shape index (κ1) is 35.0. The standard InChI is InChI=1S/C27H53O8P/c1-3-5-6-7-8-9-10-11-12-13-14-15-16-17-18-19-20-22-26(28)33-23-25(24-34-36(30,31)32)35-27(29)21-4-2/h25H,3-24H2,1-2H3,(H2,30,31,32)/t25-/m1/s1. The second kappa shape index (κ2) is 24.4. The summed E-state index contributed by atoms with van der Waals surface area (Å²) in [5.41, 5.74) is 0. The molecule has 0 aliphatic carbocycles. The van der Waals surface area contributed by atoms with Gasteiger partial charge >= 0.3 is 19.8 Å². The maximum absolute atomic E-state index is 12.0. The molecule has 0 fully saturated rings. The Morgan fingerprint density at radius 2 is 1.06 bits per heavy atom. The first-order chi connectivity index (χ1) is 17.3. The van der Waals surface area contributed by atoms with Gasteiger partial charge in [0.2, 0.25) is 0 Å². The number of hydrogen-bond donors (Lipinski definition) is 2. The molecule has 0 radical (unpaired) electrons. The largest absolute Gasteiger partial charge is 0.469 e. The molecule has 0 heterocycles. The van der Waals surface area contributed by atoms with Crippen molar-refractivity contribution in [3.8, 4) is 0 Å². The molecule has 0 bridgehead atoms. The summed E-state index contributed by atoms with van der Waals surface area (Å²) in [4.78, 5) is 41.3. The van der Waals surface area contributed by atoms with Crippen LogP contribution in [0, 0.1) is 0 Å². The third-order valence-electron chi connectivity index (χ3n) is 6.10. The van der Waals surface area contributed by atoms with Crippen LogP contribution in [0.25, 0.3) is 0 Å². The number of carbonyl (C=O) groups excluding carboxylic acids is 2. The average molecular weight is 537 g/mol. The van der Waals surface area contributed by atoms with Gasteiger partial charge in [-0.1, -0.05) is 117 Å². The van der Waals surface area contributed by atoms with Crippen LogP contribution >= 0.6 is 7.82 Å². The zero-order valence-corrected chi connectivity index (χ0v) is 23.8. The highest BCUT2D eigenvalue weighted by molar-refractivity contribution is 7.46. The Hall–Kier alpha value is -0.950. The van der Waals surface area contributed by atoms with Gasteiger partial charge in [-0.3, -0.25) is 14.1 Å². The first-order valence-corrected chi connectivity index (χ1v) is 15.9. The van der Waals surface area contributed by atoms with Crippen LogP contribution in [-0.2, 0) is 28.2 Å². The molecule has 0 unspecified atom stereocenters. The zero-order valence-electron chi connectivity index (χ0n) is 22.9. The van der Waals surface area contributed by atoms with Crippen LogP contribution in [0.5, 0.6) is 0 Å². The maximum atomic E-state index is 12.0. The average Bonchev–Trinajstić information content (AvgIpc) is 2.82. The fourth-order valence-electron chi connectivity index (χ4n) is 4.00. The fourth-order valence-corrected chi connectivity index (χ4v) is 4.36. The molecule has 9 heteroatoms. The van der Waals surface area contributed by atoms with Crippen molar-refractivity contribution in [2.45, 2.75) is 148 Å². The molecule has 36 heavy (non-hydrogen) atoms. The number of unbranched alkanes of at least 4 members (excludes halogenated alkanes) is 16. The molecular weight excluding hydrogens is 483 g/mol. The quantitative estimate of drug-likeness (QED) is 0.0667. The summed E-state index contributed by atoms with van der Waals surface area (Å²) < 4.78 is 25.5. The summed E-state index contributed by atoms with van der Waals surface area (Å²) >= 11 is 0. The van der Waals surface area contributed by atoms with Gasteiger partial charge < -0.3 is 19.3 Å². The maximum Gasteiger partial charge on any atom is 0.469 e. The minimum atomic E-state index is -4.71. The molecule has 0 aliphatic rings. The Balaban J connectivity index is 3.65. The summed E-state index contributed by atoms with van der Waals surface area (Å²) in [5.74, 6) is -0.940. The predicted molar refractivity (Wildman–Crippen MR) is 143 cm³/mol. The van der Waals surface area contributed by atoms with Crippen LogP contribution in [0.2, 0.25) is 0 Å². The van der Waals surface area contributed by atoms with Crippen LogP contribution in [0.3, 0.4) is 0 Å². The SMILES string of the molecule is CCCCCCCCCCCCCCCCCCCC(=O)OC[C@H](COP(=O)(O)O)OC(=O)CCC. The van der Waals surface area contributed by atoms with Crippen molar-refractivity contribution in [3.05, 3.63) is 0 Å². The number of hydrogen-bond acceptors (Lipinski definition) is 6. The van der Waals surface area contributed by atoms with E-state index in [9.17, 15) is 14.2 Å². The molecule has 0 aliphatic heterocycles. The lowest BCUT2D eigenvalue weighted by Gasteiger charge is -2.18. The molecule has 0 saturated carbocycles. The Morgan fingerprint density at radius 3 is 1.47 bits per heavy atom. The smallest absolute Gasteiger partial charge is 0.462 e. The highest BCUT2D eigenvalue weighted by atomic mass is 31.2. The van der Waals surface area contributed by atoms with Crippen molar-refractivity contribution in [2.24, 2.45) is 0 Å². The van der Waals surface area contributed by atoms with Crippen molar-refractivity contribution in [2.75, 3.05) is 13.2 Å². The van der Waals surface area contributed by atoms with E-state index in [1.807, 2.05) is 0 Å². The summed E-state index contributed by atoms with van der Waals surface area (Å²) in [7, 11) is -4.71. The van der Waals surface area contributed by atoms with E-state index in [0.717, 1.165) is 19.3 Å². The third-order valence-corrected chi connectivity index (χ3v) is 6.58. The van der Waals surface area contributed by atoms with Gasteiger partial charge in [0.25, 0.3) is 0 Å². The number of carbonyl (C=O) groups is 2. The lowest BCUT2D eigenvalue weighted by Crippen LogP contribution is -2.29. The van der Waals surface area contributed by atoms with Crippen LogP contribution in [0.1, 0.15) is 142 Å². The molecule has 2 N–H and O–H groups in total. The van der Waals surface area contributed by atoms with Gasteiger partial charge in [-0.25, -0.2) is 4.57 Å². The van der Waals surface area contributed by atoms with Crippen molar-refractivity contribution in [3.63, 3.8) is 0 Å². The highest BCUT2D eigenvalue weighted by Gasteiger charge is 2.22. The number of ether oxygens (including phenoxy) is 2. The van der Waals surface area contributed by atoms with Crippen molar-refractivity contribution in [1.82, 2.24) is 0 Å². The summed E-state index contributed by atoms with van der Waals surface area (Å²) in [5, 5.41) is 0. The topological polar surface area (TPSA) is 119 Å². The van der Waals surface area contributed by atoms with Gasteiger partial charge in [-0.2, -0.15) is 0 Å². The summed E-state index contributed by atoms with van der Waals surface area (Å²) in [6, 6.07) is 0. The molecule has 0 amide bonds. The van der Waals surface area contributed by atoms with E-state index >= 15 is 0 Å². The van der Waals surface area contributed by atoms with Crippen LogP contribution in [0.15, 0.2) is 0 Å². The molecule has 8 nitrogen and oxygen atoms in total. The summed E-state index contributed by atoms with van der Waals surface area (Å²) in [6.45, 7) is 3.25. The van der Waals surface area contributed by atoms with E-state index in [0.29, 0.717) is 6.42 Å². The van der Waals surface area contributed by atoms with Gasteiger partial charge in [0.05, 0.1) is 6.61 Å². The number of esters is 2. The molecular formula is C27H53O8P. The van der Waals surface area contributed by atoms with E-state index in [1.54, 1.807) is 6.92 Å². The highest BCUT2D eigenvalue weighted by Crippen LogP contribution is 2.35.